The number of carbonyl (C=O) groups excluding carboxylic acids is 1. The molecule has 0 bridgehead atoms. The summed E-state index contributed by atoms with van der Waals surface area (Å²) in [6.07, 6.45) is 2.06. The highest BCUT2D eigenvalue weighted by Gasteiger charge is 2.33. The number of hydrogen-bond acceptors (Lipinski definition) is 4. The van der Waals surface area contributed by atoms with Crippen molar-refractivity contribution in [3.63, 3.8) is 0 Å². The van der Waals surface area contributed by atoms with E-state index in [4.69, 9.17) is 9.47 Å². The minimum absolute atomic E-state index is 0.208. The second kappa shape index (κ2) is 6.06. The van der Waals surface area contributed by atoms with Crippen molar-refractivity contribution in [3.8, 4) is 5.75 Å². The molecule has 0 heterocycles. The largest absolute Gasteiger partial charge is 0.496 e. The number of carbonyl (C=O) groups is 1. The molecule has 1 N–H and O–H groups in total. The lowest BCUT2D eigenvalue weighted by Gasteiger charge is -2.38. The molecule has 2 rings (SSSR count). The molecule has 1 aliphatic rings. The first-order chi connectivity index (χ1) is 9.15. The van der Waals surface area contributed by atoms with Crippen molar-refractivity contribution in [3.05, 3.63) is 29.8 Å². The fourth-order valence-corrected chi connectivity index (χ4v) is 2.61. The fourth-order valence-electron chi connectivity index (χ4n) is 2.61. The quantitative estimate of drug-likeness (QED) is 0.826. The Bertz CT molecular complexity index is 441. The molecule has 104 valence electrons. The van der Waals surface area contributed by atoms with Crippen molar-refractivity contribution >= 4 is 5.97 Å². The van der Waals surface area contributed by atoms with Gasteiger partial charge in [0.2, 0.25) is 0 Å². The third kappa shape index (κ3) is 3.07. The van der Waals surface area contributed by atoms with Gasteiger partial charge in [-0.15, -0.1) is 0 Å². The Labute approximate surface area is 114 Å². The molecule has 1 unspecified atom stereocenters. The molecule has 1 fully saturated rings. The van der Waals surface area contributed by atoms with Gasteiger partial charge in [-0.05, 0) is 37.3 Å². The van der Waals surface area contributed by atoms with Gasteiger partial charge in [-0.3, -0.25) is 4.79 Å². The van der Waals surface area contributed by atoms with E-state index in [2.05, 4.69) is 11.4 Å². The maximum absolute atomic E-state index is 11.3. The van der Waals surface area contributed by atoms with Gasteiger partial charge in [0.25, 0.3) is 0 Å². The van der Waals surface area contributed by atoms with Crippen LogP contribution in [0.15, 0.2) is 24.3 Å². The second-order valence-electron chi connectivity index (χ2n) is 5.02. The summed E-state index contributed by atoms with van der Waals surface area (Å²) in [5, 5.41) is 3.29. The molecule has 1 saturated carbocycles. The summed E-state index contributed by atoms with van der Waals surface area (Å²) in [6.45, 7) is 1.84. The maximum Gasteiger partial charge on any atom is 0.322 e. The zero-order chi connectivity index (χ0) is 13.8. The molecule has 0 saturated heterocycles. The standard InChI is InChI=1S/C15H21NO3/c1-10(15(17)19-3)16-12-8-11(9-12)13-6-4-5-7-14(13)18-2/h4-7,10-12,16H,8-9H2,1-3H3. The molecular formula is C15H21NO3. The predicted molar refractivity (Wildman–Crippen MR) is 73.4 cm³/mol. The van der Waals surface area contributed by atoms with Crippen LogP contribution in [0, 0.1) is 0 Å². The summed E-state index contributed by atoms with van der Waals surface area (Å²) >= 11 is 0. The highest BCUT2D eigenvalue weighted by Crippen LogP contribution is 2.41. The average molecular weight is 263 g/mol. The summed E-state index contributed by atoms with van der Waals surface area (Å²) in [4.78, 5) is 11.3. The van der Waals surface area contributed by atoms with E-state index in [-0.39, 0.29) is 12.0 Å². The summed E-state index contributed by atoms with van der Waals surface area (Å²) in [5.74, 6) is 1.26. The summed E-state index contributed by atoms with van der Waals surface area (Å²) in [7, 11) is 3.12. The van der Waals surface area contributed by atoms with Gasteiger partial charge < -0.3 is 14.8 Å². The molecule has 1 atom stereocenters. The second-order valence-corrected chi connectivity index (χ2v) is 5.02. The number of esters is 1. The van der Waals surface area contributed by atoms with Gasteiger partial charge in [0, 0.05) is 6.04 Å². The van der Waals surface area contributed by atoms with Crippen molar-refractivity contribution in [1.82, 2.24) is 5.32 Å². The number of ether oxygens (including phenoxy) is 2. The lowest BCUT2D eigenvalue weighted by molar-refractivity contribution is -0.143. The minimum Gasteiger partial charge on any atom is -0.496 e. The van der Waals surface area contributed by atoms with Crippen LogP contribution < -0.4 is 10.1 Å². The monoisotopic (exact) mass is 263 g/mol. The smallest absolute Gasteiger partial charge is 0.322 e. The average Bonchev–Trinajstić information content (AvgIpc) is 2.41. The first-order valence-corrected chi connectivity index (χ1v) is 6.62. The van der Waals surface area contributed by atoms with E-state index >= 15 is 0 Å². The summed E-state index contributed by atoms with van der Waals surface area (Å²) in [6, 6.07) is 8.26. The highest BCUT2D eigenvalue weighted by atomic mass is 16.5. The number of hydrogen-bond donors (Lipinski definition) is 1. The van der Waals surface area contributed by atoms with Gasteiger partial charge >= 0.3 is 5.97 Å². The third-order valence-corrected chi connectivity index (χ3v) is 3.76. The van der Waals surface area contributed by atoms with Crippen LogP contribution in [0.25, 0.3) is 0 Å². The van der Waals surface area contributed by atoms with Crippen LogP contribution in [-0.2, 0) is 9.53 Å². The summed E-state index contributed by atoms with van der Waals surface area (Å²) in [5.41, 5.74) is 1.26. The number of nitrogens with one attached hydrogen (secondary N) is 1. The predicted octanol–water partition coefficient (Wildman–Crippen LogP) is 2.09. The molecule has 0 spiro atoms. The van der Waals surface area contributed by atoms with Crippen LogP contribution in [0.5, 0.6) is 5.75 Å². The Hall–Kier alpha value is -1.55. The molecule has 1 aromatic carbocycles. The van der Waals surface area contributed by atoms with E-state index in [0.717, 1.165) is 18.6 Å². The van der Waals surface area contributed by atoms with Gasteiger partial charge in [0.15, 0.2) is 0 Å². The van der Waals surface area contributed by atoms with Crippen LogP contribution in [0.4, 0.5) is 0 Å². The molecule has 19 heavy (non-hydrogen) atoms. The van der Waals surface area contributed by atoms with E-state index in [9.17, 15) is 4.79 Å². The Kier molecular flexibility index (Phi) is 4.43. The maximum atomic E-state index is 11.3. The number of benzene rings is 1. The first-order valence-electron chi connectivity index (χ1n) is 6.62. The highest BCUT2D eigenvalue weighted by molar-refractivity contribution is 5.75. The SMILES string of the molecule is COC(=O)C(C)NC1CC(c2ccccc2OC)C1. The van der Waals surface area contributed by atoms with Gasteiger partial charge in [0.05, 0.1) is 14.2 Å². The van der Waals surface area contributed by atoms with Crippen LogP contribution in [0.1, 0.15) is 31.2 Å². The zero-order valence-corrected chi connectivity index (χ0v) is 11.7. The van der Waals surface area contributed by atoms with Gasteiger partial charge in [-0.2, -0.15) is 0 Å². The van der Waals surface area contributed by atoms with Gasteiger partial charge in [0.1, 0.15) is 11.8 Å². The lowest BCUT2D eigenvalue weighted by atomic mass is 9.75. The Morgan fingerprint density at radius 1 is 1.32 bits per heavy atom. The number of rotatable bonds is 5. The van der Waals surface area contributed by atoms with E-state index in [1.54, 1.807) is 7.11 Å². The Morgan fingerprint density at radius 2 is 2.00 bits per heavy atom. The van der Waals surface area contributed by atoms with Crippen LogP contribution in [0.2, 0.25) is 0 Å². The van der Waals surface area contributed by atoms with Crippen molar-refractivity contribution in [2.75, 3.05) is 14.2 Å². The van der Waals surface area contributed by atoms with Gasteiger partial charge in [-0.25, -0.2) is 0 Å². The molecular weight excluding hydrogens is 242 g/mol. The summed E-state index contributed by atoms with van der Waals surface area (Å²) < 4.78 is 10.1. The van der Waals surface area contributed by atoms with E-state index < -0.39 is 0 Å². The van der Waals surface area contributed by atoms with Crippen molar-refractivity contribution in [2.24, 2.45) is 0 Å². The molecule has 0 aliphatic heterocycles. The van der Waals surface area contributed by atoms with Gasteiger partial charge in [-0.1, -0.05) is 18.2 Å². The molecule has 1 aliphatic carbocycles. The minimum atomic E-state index is -0.242. The Morgan fingerprint density at radius 3 is 2.63 bits per heavy atom. The lowest BCUT2D eigenvalue weighted by Crippen LogP contribution is -2.47. The molecule has 4 nitrogen and oxygen atoms in total. The Balaban J connectivity index is 1.88. The van der Waals surface area contributed by atoms with E-state index in [1.807, 2.05) is 25.1 Å². The van der Waals surface area contributed by atoms with Crippen molar-refractivity contribution in [1.29, 1.82) is 0 Å². The molecule has 1 aromatic rings. The van der Waals surface area contributed by atoms with Crippen LogP contribution >= 0.6 is 0 Å². The molecule has 0 amide bonds. The number of methoxy groups -OCH3 is 2. The van der Waals surface area contributed by atoms with E-state index in [1.165, 1.54) is 12.7 Å². The normalized spacial score (nSPS) is 23.3. The topological polar surface area (TPSA) is 47.6 Å². The van der Waals surface area contributed by atoms with Crippen molar-refractivity contribution in [2.45, 2.75) is 37.8 Å². The van der Waals surface area contributed by atoms with Crippen LogP contribution in [0.3, 0.4) is 0 Å². The van der Waals surface area contributed by atoms with Crippen molar-refractivity contribution < 1.29 is 14.3 Å². The van der Waals surface area contributed by atoms with E-state index in [0.29, 0.717) is 12.0 Å². The third-order valence-electron chi connectivity index (χ3n) is 3.76. The van der Waals surface area contributed by atoms with Crippen LogP contribution in [-0.4, -0.2) is 32.3 Å². The zero-order valence-electron chi connectivity index (χ0n) is 11.7. The molecule has 4 heteroatoms. The molecule has 0 radical (unpaired) electrons. The number of para-hydroxylation sites is 1. The first kappa shape index (κ1) is 13.9. The fraction of sp³-hybridized carbons (Fsp3) is 0.533. The molecule has 0 aromatic heterocycles.